The van der Waals surface area contributed by atoms with Crippen LogP contribution in [0.15, 0.2) is 12.4 Å². The van der Waals surface area contributed by atoms with E-state index in [1.54, 1.807) is 6.20 Å². The average molecular weight is 262 g/mol. The van der Waals surface area contributed by atoms with E-state index in [4.69, 9.17) is 4.74 Å². The van der Waals surface area contributed by atoms with Crippen molar-refractivity contribution in [2.45, 2.75) is 38.2 Å². The first kappa shape index (κ1) is 12.7. The number of piperidine rings is 2. The zero-order valence-corrected chi connectivity index (χ0v) is 11.3. The molecule has 0 saturated carbocycles. The zero-order valence-electron chi connectivity index (χ0n) is 11.3. The molecule has 0 amide bonds. The van der Waals surface area contributed by atoms with Crippen molar-refractivity contribution < 1.29 is 4.74 Å². The lowest BCUT2D eigenvalue weighted by molar-refractivity contribution is 0.155. The number of anilines is 1. The normalized spacial score (nSPS) is 21.4. The van der Waals surface area contributed by atoms with Gasteiger partial charge in [-0.3, -0.25) is 4.98 Å². The maximum Gasteiger partial charge on any atom is 0.234 e. The molecule has 5 heteroatoms. The van der Waals surface area contributed by atoms with Crippen molar-refractivity contribution in [1.29, 1.82) is 0 Å². The van der Waals surface area contributed by atoms with Crippen LogP contribution in [0.5, 0.6) is 5.88 Å². The van der Waals surface area contributed by atoms with Crippen molar-refractivity contribution in [2.75, 3.05) is 31.1 Å². The molecule has 2 aliphatic heterocycles. The van der Waals surface area contributed by atoms with E-state index >= 15 is 0 Å². The van der Waals surface area contributed by atoms with Gasteiger partial charge in [0.15, 0.2) is 5.82 Å². The standard InChI is InChI=1S/C14H22N4O/c1-2-8-18(9-3-1)13-10-16-11-14(17-13)19-12-4-6-15-7-5-12/h10-12,15H,1-9H2. The summed E-state index contributed by atoms with van der Waals surface area (Å²) in [5.74, 6) is 1.64. The van der Waals surface area contributed by atoms with Gasteiger partial charge < -0.3 is 15.0 Å². The van der Waals surface area contributed by atoms with Gasteiger partial charge >= 0.3 is 0 Å². The van der Waals surface area contributed by atoms with E-state index in [-0.39, 0.29) is 6.10 Å². The SMILES string of the molecule is c1ncc(N2CCCCC2)nc1OC1CCNCC1. The molecule has 2 fully saturated rings. The molecule has 3 rings (SSSR count). The maximum atomic E-state index is 5.95. The van der Waals surface area contributed by atoms with Gasteiger partial charge in [-0.25, -0.2) is 0 Å². The van der Waals surface area contributed by atoms with Crippen LogP contribution in [0.25, 0.3) is 0 Å². The fourth-order valence-corrected chi connectivity index (χ4v) is 2.75. The molecule has 0 radical (unpaired) electrons. The van der Waals surface area contributed by atoms with Gasteiger partial charge in [-0.05, 0) is 45.2 Å². The van der Waals surface area contributed by atoms with Gasteiger partial charge in [0.05, 0.1) is 12.4 Å². The van der Waals surface area contributed by atoms with Crippen LogP contribution < -0.4 is 15.0 Å². The first-order valence-electron chi connectivity index (χ1n) is 7.36. The smallest absolute Gasteiger partial charge is 0.234 e. The molecule has 3 heterocycles. The summed E-state index contributed by atoms with van der Waals surface area (Å²) in [6.07, 6.45) is 9.80. The quantitative estimate of drug-likeness (QED) is 0.896. The molecule has 0 bridgehead atoms. The Hall–Kier alpha value is -1.36. The molecule has 0 aliphatic carbocycles. The van der Waals surface area contributed by atoms with Crippen LogP contribution in [0.3, 0.4) is 0 Å². The highest BCUT2D eigenvalue weighted by Crippen LogP contribution is 2.20. The van der Waals surface area contributed by atoms with Gasteiger partial charge in [0.25, 0.3) is 0 Å². The van der Waals surface area contributed by atoms with Gasteiger partial charge in [-0.15, -0.1) is 0 Å². The third-order valence-corrected chi connectivity index (χ3v) is 3.85. The summed E-state index contributed by atoms with van der Waals surface area (Å²) in [4.78, 5) is 11.2. The molecule has 0 aromatic carbocycles. The first-order valence-corrected chi connectivity index (χ1v) is 7.36. The number of aromatic nitrogens is 2. The van der Waals surface area contributed by atoms with Gasteiger partial charge in [0.1, 0.15) is 6.10 Å². The van der Waals surface area contributed by atoms with Crippen LogP contribution >= 0.6 is 0 Å². The molecule has 1 N–H and O–H groups in total. The Bertz CT molecular complexity index is 400. The van der Waals surface area contributed by atoms with E-state index in [1.165, 1.54) is 19.3 Å². The number of nitrogens with zero attached hydrogens (tertiary/aromatic N) is 3. The maximum absolute atomic E-state index is 5.95. The Morgan fingerprint density at radius 1 is 1.11 bits per heavy atom. The lowest BCUT2D eigenvalue weighted by Crippen LogP contribution is -2.34. The molecule has 19 heavy (non-hydrogen) atoms. The van der Waals surface area contributed by atoms with Crippen molar-refractivity contribution in [3.05, 3.63) is 12.4 Å². The summed E-state index contributed by atoms with van der Waals surface area (Å²) in [7, 11) is 0. The van der Waals surface area contributed by atoms with Crippen LogP contribution in [-0.4, -0.2) is 42.3 Å². The van der Waals surface area contributed by atoms with Crippen molar-refractivity contribution in [1.82, 2.24) is 15.3 Å². The summed E-state index contributed by atoms with van der Waals surface area (Å²) in [6.45, 7) is 4.24. The Morgan fingerprint density at radius 2 is 1.89 bits per heavy atom. The third kappa shape index (κ3) is 3.35. The number of rotatable bonds is 3. The highest BCUT2D eigenvalue weighted by Gasteiger charge is 2.17. The number of nitrogens with one attached hydrogen (secondary N) is 1. The second-order valence-electron chi connectivity index (χ2n) is 5.33. The Morgan fingerprint density at radius 3 is 2.68 bits per heavy atom. The summed E-state index contributed by atoms with van der Waals surface area (Å²) >= 11 is 0. The van der Waals surface area contributed by atoms with Gasteiger partial charge in [-0.2, -0.15) is 4.98 Å². The average Bonchev–Trinajstić information content (AvgIpc) is 2.49. The summed E-state index contributed by atoms with van der Waals surface area (Å²) in [5, 5.41) is 3.34. The van der Waals surface area contributed by atoms with Crippen molar-refractivity contribution in [2.24, 2.45) is 0 Å². The fourth-order valence-electron chi connectivity index (χ4n) is 2.75. The Labute approximate surface area is 114 Å². The predicted molar refractivity (Wildman–Crippen MR) is 74.6 cm³/mol. The Kier molecular flexibility index (Phi) is 4.13. The molecule has 104 valence electrons. The van der Waals surface area contributed by atoms with Crippen molar-refractivity contribution in [3.63, 3.8) is 0 Å². The monoisotopic (exact) mass is 262 g/mol. The van der Waals surface area contributed by atoms with Crippen LogP contribution in [0.1, 0.15) is 32.1 Å². The highest BCUT2D eigenvalue weighted by molar-refractivity contribution is 5.37. The molecule has 0 atom stereocenters. The summed E-state index contributed by atoms with van der Waals surface area (Å²) in [6, 6.07) is 0. The number of ether oxygens (including phenoxy) is 1. The molecule has 1 aromatic rings. The van der Waals surface area contributed by atoms with E-state index in [2.05, 4.69) is 20.2 Å². The minimum Gasteiger partial charge on any atom is -0.473 e. The number of hydrogen-bond acceptors (Lipinski definition) is 5. The van der Waals surface area contributed by atoms with Crippen molar-refractivity contribution >= 4 is 5.82 Å². The van der Waals surface area contributed by atoms with E-state index in [9.17, 15) is 0 Å². The number of hydrogen-bond donors (Lipinski definition) is 1. The topological polar surface area (TPSA) is 50.3 Å². The van der Waals surface area contributed by atoms with E-state index in [0.717, 1.165) is 44.8 Å². The van der Waals surface area contributed by atoms with E-state index < -0.39 is 0 Å². The lowest BCUT2D eigenvalue weighted by atomic mass is 10.1. The summed E-state index contributed by atoms with van der Waals surface area (Å²) in [5.41, 5.74) is 0. The molecule has 0 unspecified atom stereocenters. The fraction of sp³-hybridized carbons (Fsp3) is 0.714. The molecule has 0 spiro atoms. The third-order valence-electron chi connectivity index (χ3n) is 3.85. The molecular formula is C14H22N4O. The largest absolute Gasteiger partial charge is 0.473 e. The first-order chi connectivity index (χ1) is 9.42. The lowest BCUT2D eigenvalue weighted by Gasteiger charge is -2.28. The van der Waals surface area contributed by atoms with Gasteiger partial charge in [-0.1, -0.05) is 0 Å². The van der Waals surface area contributed by atoms with E-state index in [1.807, 2.05) is 6.20 Å². The van der Waals surface area contributed by atoms with Crippen LogP contribution in [0, 0.1) is 0 Å². The zero-order chi connectivity index (χ0) is 12.9. The predicted octanol–water partition coefficient (Wildman–Crippen LogP) is 1.60. The molecular weight excluding hydrogens is 240 g/mol. The molecule has 2 saturated heterocycles. The Balaban J connectivity index is 1.64. The minimum absolute atomic E-state index is 0.284. The molecule has 5 nitrogen and oxygen atoms in total. The van der Waals surface area contributed by atoms with Crippen molar-refractivity contribution in [3.8, 4) is 5.88 Å². The molecule has 2 aliphatic rings. The molecule has 1 aromatic heterocycles. The second-order valence-corrected chi connectivity index (χ2v) is 5.33. The van der Waals surface area contributed by atoms with Crippen LogP contribution in [0.4, 0.5) is 5.82 Å². The minimum atomic E-state index is 0.284. The van der Waals surface area contributed by atoms with Gasteiger partial charge in [0.2, 0.25) is 5.88 Å². The van der Waals surface area contributed by atoms with Gasteiger partial charge in [0, 0.05) is 13.1 Å². The second kappa shape index (κ2) is 6.19. The van der Waals surface area contributed by atoms with Crippen LogP contribution in [0.2, 0.25) is 0 Å². The van der Waals surface area contributed by atoms with E-state index in [0.29, 0.717) is 5.88 Å². The summed E-state index contributed by atoms with van der Waals surface area (Å²) < 4.78 is 5.95. The highest BCUT2D eigenvalue weighted by atomic mass is 16.5. The van der Waals surface area contributed by atoms with Crippen LogP contribution in [-0.2, 0) is 0 Å².